The summed E-state index contributed by atoms with van der Waals surface area (Å²) in [6, 6.07) is 17.6. The van der Waals surface area contributed by atoms with Gasteiger partial charge >= 0.3 is 0 Å². The van der Waals surface area contributed by atoms with Gasteiger partial charge in [0.2, 0.25) is 0 Å². The van der Waals surface area contributed by atoms with Crippen LogP contribution in [0, 0.1) is 12.7 Å². The minimum absolute atomic E-state index is 0.189. The normalized spacial score (nSPS) is 10.6. The van der Waals surface area contributed by atoms with Crippen LogP contribution in [0.4, 0.5) is 10.1 Å². The van der Waals surface area contributed by atoms with Crippen molar-refractivity contribution in [2.75, 3.05) is 19.0 Å². The highest BCUT2D eigenvalue weighted by atomic mass is 19.1. The van der Waals surface area contributed by atoms with Crippen LogP contribution in [0.5, 0.6) is 11.5 Å². The van der Waals surface area contributed by atoms with E-state index in [-0.39, 0.29) is 18.1 Å². The average molecular weight is 435 g/mol. The quantitative estimate of drug-likeness (QED) is 0.415. The number of aryl methyl sites for hydroxylation is 1. The van der Waals surface area contributed by atoms with Gasteiger partial charge in [-0.05, 0) is 66.6 Å². The molecule has 0 fully saturated rings. The van der Waals surface area contributed by atoms with E-state index in [1.165, 1.54) is 37.6 Å². The van der Waals surface area contributed by atoms with E-state index in [0.717, 1.165) is 11.3 Å². The first-order chi connectivity index (χ1) is 15.5. The number of methoxy groups -OCH3 is 1. The van der Waals surface area contributed by atoms with Crippen molar-refractivity contribution in [1.29, 1.82) is 0 Å². The number of hydrazone groups is 1. The number of nitrogens with zero attached hydrogens (tertiary/aromatic N) is 1. The van der Waals surface area contributed by atoms with Crippen molar-refractivity contribution in [3.63, 3.8) is 0 Å². The van der Waals surface area contributed by atoms with Crippen LogP contribution in [-0.4, -0.2) is 31.7 Å². The number of hydrogen-bond acceptors (Lipinski definition) is 5. The van der Waals surface area contributed by atoms with Gasteiger partial charge in [0.1, 0.15) is 5.82 Å². The Labute approximate surface area is 184 Å². The van der Waals surface area contributed by atoms with E-state index in [4.69, 9.17) is 9.47 Å². The maximum Gasteiger partial charge on any atom is 0.271 e. The Morgan fingerprint density at radius 3 is 2.50 bits per heavy atom. The van der Waals surface area contributed by atoms with E-state index < -0.39 is 11.7 Å². The number of hydrogen-bond donors (Lipinski definition) is 2. The Balaban J connectivity index is 1.57. The molecule has 3 aromatic rings. The van der Waals surface area contributed by atoms with Gasteiger partial charge < -0.3 is 14.8 Å². The second-order valence-corrected chi connectivity index (χ2v) is 6.77. The van der Waals surface area contributed by atoms with E-state index in [1.807, 2.05) is 31.2 Å². The van der Waals surface area contributed by atoms with Crippen LogP contribution < -0.4 is 20.2 Å². The fourth-order valence-electron chi connectivity index (χ4n) is 2.76. The molecular weight excluding hydrogens is 413 g/mol. The largest absolute Gasteiger partial charge is 0.493 e. The highest BCUT2D eigenvalue weighted by molar-refractivity contribution is 5.95. The SMILES string of the molecule is COc1cc(/C=N\NC(=O)c2ccc(F)cc2)ccc1OCC(=O)Nc1ccccc1C. The predicted octanol–water partition coefficient (Wildman–Crippen LogP) is 3.92. The number of carbonyl (C=O) groups excluding carboxylic acids is 2. The lowest BCUT2D eigenvalue weighted by Crippen LogP contribution is -2.20. The maximum absolute atomic E-state index is 12.9. The first kappa shape index (κ1) is 22.5. The Bertz CT molecular complexity index is 1130. The predicted molar refractivity (Wildman–Crippen MR) is 120 cm³/mol. The number of benzene rings is 3. The van der Waals surface area contributed by atoms with Crippen LogP contribution in [0.3, 0.4) is 0 Å². The molecule has 0 saturated carbocycles. The van der Waals surface area contributed by atoms with Gasteiger partial charge in [-0.1, -0.05) is 18.2 Å². The molecule has 0 heterocycles. The van der Waals surface area contributed by atoms with Gasteiger partial charge in [0.25, 0.3) is 11.8 Å². The van der Waals surface area contributed by atoms with Gasteiger partial charge in [-0.15, -0.1) is 0 Å². The molecule has 0 aliphatic rings. The van der Waals surface area contributed by atoms with Crippen molar-refractivity contribution in [1.82, 2.24) is 5.43 Å². The van der Waals surface area contributed by atoms with Crippen LogP contribution in [0.1, 0.15) is 21.5 Å². The van der Waals surface area contributed by atoms with Crippen molar-refractivity contribution in [2.24, 2.45) is 5.10 Å². The molecule has 2 amide bonds. The first-order valence-corrected chi connectivity index (χ1v) is 9.71. The topological polar surface area (TPSA) is 89.0 Å². The number of para-hydroxylation sites is 1. The minimum atomic E-state index is -0.465. The summed E-state index contributed by atoms with van der Waals surface area (Å²) in [5.74, 6) is -0.391. The van der Waals surface area contributed by atoms with Gasteiger partial charge in [-0.2, -0.15) is 5.10 Å². The second-order valence-electron chi connectivity index (χ2n) is 6.77. The number of ether oxygens (including phenoxy) is 2. The number of amides is 2. The molecule has 0 bridgehead atoms. The van der Waals surface area contributed by atoms with Gasteiger partial charge in [0, 0.05) is 11.3 Å². The van der Waals surface area contributed by atoms with Crippen LogP contribution in [0.25, 0.3) is 0 Å². The molecule has 32 heavy (non-hydrogen) atoms. The second kappa shape index (κ2) is 10.7. The van der Waals surface area contributed by atoms with E-state index in [9.17, 15) is 14.0 Å². The number of anilines is 1. The molecule has 3 rings (SSSR count). The molecule has 8 heteroatoms. The van der Waals surface area contributed by atoms with Gasteiger partial charge in [0.15, 0.2) is 18.1 Å². The van der Waals surface area contributed by atoms with Crippen molar-refractivity contribution in [2.45, 2.75) is 6.92 Å². The maximum atomic E-state index is 12.9. The summed E-state index contributed by atoms with van der Waals surface area (Å²) in [6.07, 6.45) is 1.43. The summed E-state index contributed by atoms with van der Waals surface area (Å²) >= 11 is 0. The number of halogens is 1. The molecule has 3 aromatic carbocycles. The first-order valence-electron chi connectivity index (χ1n) is 9.71. The Kier molecular flexibility index (Phi) is 7.53. The zero-order valence-corrected chi connectivity index (χ0v) is 17.6. The molecular formula is C24H22FN3O4. The van der Waals surface area contributed by atoms with Crippen molar-refractivity contribution in [3.05, 3.63) is 89.2 Å². The third-order valence-electron chi connectivity index (χ3n) is 4.45. The lowest BCUT2D eigenvalue weighted by molar-refractivity contribution is -0.118. The van der Waals surface area contributed by atoms with E-state index >= 15 is 0 Å². The molecule has 0 unspecified atom stereocenters. The highest BCUT2D eigenvalue weighted by Gasteiger charge is 2.10. The lowest BCUT2D eigenvalue weighted by atomic mass is 10.2. The molecule has 0 atom stereocenters. The molecule has 0 spiro atoms. The number of rotatable bonds is 8. The summed E-state index contributed by atoms with van der Waals surface area (Å²) in [4.78, 5) is 24.2. The average Bonchev–Trinajstić information content (AvgIpc) is 2.80. The molecule has 0 aromatic heterocycles. The van der Waals surface area contributed by atoms with Crippen molar-refractivity contribution in [3.8, 4) is 11.5 Å². The number of carbonyl (C=O) groups is 2. The summed E-state index contributed by atoms with van der Waals surface area (Å²) in [7, 11) is 1.48. The summed E-state index contributed by atoms with van der Waals surface area (Å²) in [5, 5.41) is 6.69. The third-order valence-corrected chi connectivity index (χ3v) is 4.45. The van der Waals surface area contributed by atoms with Crippen molar-refractivity contribution < 1.29 is 23.5 Å². The molecule has 0 radical (unpaired) electrons. The fourth-order valence-corrected chi connectivity index (χ4v) is 2.76. The van der Waals surface area contributed by atoms with Crippen molar-refractivity contribution >= 4 is 23.7 Å². The van der Waals surface area contributed by atoms with Crippen LogP contribution in [0.2, 0.25) is 0 Å². The Morgan fingerprint density at radius 2 is 1.78 bits per heavy atom. The molecule has 7 nitrogen and oxygen atoms in total. The van der Waals surface area contributed by atoms with Crippen LogP contribution >= 0.6 is 0 Å². The highest BCUT2D eigenvalue weighted by Crippen LogP contribution is 2.27. The van der Waals surface area contributed by atoms with E-state index in [2.05, 4.69) is 15.8 Å². The fraction of sp³-hybridized carbons (Fsp3) is 0.125. The Hall–Kier alpha value is -4.20. The van der Waals surface area contributed by atoms with Crippen LogP contribution in [-0.2, 0) is 4.79 Å². The lowest BCUT2D eigenvalue weighted by Gasteiger charge is -2.12. The molecule has 0 aliphatic heterocycles. The van der Waals surface area contributed by atoms with Crippen LogP contribution in [0.15, 0.2) is 71.8 Å². The zero-order valence-electron chi connectivity index (χ0n) is 17.6. The van der Waals surface area contributed by atoms with Gasteiger partial charge in [0.05, 0.1) is 13.3 Å². The summed E-state index contributed by atoms with van der Waals surface area (Å²) in [5.41, 5.74) is 4.97. The standard InChI is InChI=1S/C24H22FN3O4/c1-16-5-3-4-6-20(16)27-23(29)15-32-21-12-7-17(13-22(21)31-2)14-26-28-24(30)18-8-10-19(25)11-9-18/h3-14H,15H2,1-2H3,(H,27,29)(H,28,30)/b26-14-. The number of nitrogens with one attached hydrogen (secondary N) is 2. The zero-order chi connectivity index (χ0) is 22.9. The Morgan fingerprint density at radius 1 is 1.03 bits per heavy atom. The minimum Gasteiger partial charge on any atom is -0.493 e. The smallest absolute Gasteiger partial charge is 0.271 e. The summed E-state index contributed by atoms with van der Waals surface area (Å²) in [6.45, 7) is 1.72. The monoisotopic (exact) mass is 435 g/mol. The van der Waals surface area contributed by atoms with E-state index in [0.29, 0.717) is 17.1 Å². The molecule has 0 saturated heterocycles. The van der Waals surface area contributed by atoms with Gasteiger partial charge in [-0.3, -0.25) is 9.59 Å². The molecule has 164 valence electrons. The van der Waals surface area contributed by atoms with Gasteiger partial charge in [-0.25, -0.2) is 9.82 Å². The summed E-state index contributed by atoms with van der Waals surface area (Å²) < 4.78 is 23.8. The van der Waals surface area contributed by atoms with E-state index in [1.54, 1.807) is 18.2 Å². The third kappa shape index (κ3) is 6.15. The molecule has 0 aliphatic carbocycles. The molecule has 2 N–H and O–H groups in total.